The first-order valence-corrected chi connectivity index (χ1v) is 4.80. The van der Waals surface area contributed by atoms with Gasteiger partial charge in [-0.15, -0.1) is 0 Å². The number of fused-ring (bicyclic) bond motifs is 1. The third-order valence-electron chi connectivity index (χ3n) is 2.10. The molecule has 0 aliphatic rings. The molecule has 16 heavy (non-hydrogen) atoms. The van der Waals surface area contributed by atoms with Crippen molar-refractivity contribution in [1.82, 2.24) is 19.5 Å². The van der Waals surface area contributed by atoms with E-state index in [4.69, 9.17) is 5.26 Å². The first-order valence-electron chi connectivity index (χ1n) is 4.80. The summed E-state index contributed by atoms with van der Waals surface area (Å²) in [4.78, 5) is 6.03. The molecule has 0 bridgehead atoms. The van der Waals surface area contributed by atoms with Gasteiger partial charge in [-0.3, -0.25) is 0 Å². The van der Waals surface area contributed by atoms with Crippen LogP contribution >= 0.6 is 0 Å². The molecule has 0 fully saturated rings. The van der Waals surface area contributed by atoms with Crippen LogP contribution in [0.4, 0.5) is 0 Å². The zero-order valence-electron chi connectivity index (χ0n) is 9.12. The average molecular weight is 213 g/mol. The third-order valence-corrected chi connectivity index (χ3v) is 2.10. The Hall–Kier alpha value is -2.35. The van der Waals surface area contributed by atoms with Crippen molar-refractivity contribution in [2.45, 2.75) is 0 Å². The van der Waals surface area contributed by atoms with Gasteiger partial charge < -0.3 is 4.90 Å². The van der Waals surface area contributed by atoms with Gasteiger partial charge in [0.25, 0.3) is 0 Å². The fourth-order valence-corrected chi connectivity index (χ4v) is 1.36. The van der Waals surface area contributed by atoms with Gasteiger partial charge in [-0.25, -0.2) is 9.50 Å². The second-order valence-corrected chi connectivity index (χ2v) is 3.55. The molecule has 0 saturated carbocycles. The number of hydrogen-bond acceptors (Lipinski definition) is 4. The predicted octanol–water partition coefficient (Wildman–Crippen LogP) is 1.13. The fourth-order valence-electron chi connectivity index (χ4n) is 1.36. The summed E-state index contributed by atoms with van der Waals surface area (Å²) in [5.74, 6) is 0. The highest BCUT2D eigenvalue weighted by molar-refractivity contribution is 5.57. The lowest BCUT2D eigenvalue weighted by atomic mass is 10.2. The first kappa shape index (κ1) is 10.2. The maximum absolute atomic E-state index is 9.00. The summed E-state index contributed by atoms with van der Waals surface area (Å²) in [6.45, 7) is 0. The minimum Gasteiger partial charge on any atom is -0.383 e. The molecule has 0 aliphatic carbocycles. The molecular formula is C11H11N5. The maximum Gasteiger partial charge on any atom is 0.155 e. The quantitative estimate of drug-likeness (QED) is 0.750. The number of nitriles is 1. The van der Waals surface area contributed by atoms with Crippen LogP contribution in [0.25, 0.3) is 11.7 Å². The molecule has 2 aromatic heterocycles. The minimum absolute atomic E-state index is 0.509. The van der Waals surface area contributed by atoms with E-state index in [1.165, 1.54) is 0 Å². The second-order valence-electron chi connectivity index (χ2n) is 3.55. The van der Waals surface area contributed by atoms with Crippen molar-refractivity contribution < 1.29 is 0 Å². The topological polar surface area (TPSA) is 57.2 Å². The van der Waals surface area contributed by atoms with Crippen LogP contribution in [0.2, 0.25) is 0 Å². The first-order chi connectivity index (χ1) is 7.72. The average Bonchev–Trinajstić information content (AvgIpc) is 2.73. The summed E-state index contributed by atoms with van der Waals surface area (Å²) in [6, 6.07) is 3.91. The number of hydrogen-bond donors (Lipinski definition) is 0. The molecular weight excluding hydrogens is 202 g/mol. The van der Waals surface area contributed by atoms with Crippen molar-refractivity contribution in [3.05, 3.63) is 35.9 Å². The Morgan fingerprint density at radius 1 is 1.50 bits per heavy atom. The number of aromatic nitrogens is 3. The van der Waals surface area contributed by atoms with Crippen molar-refractivity contribution >= 4 is 11.7 Å². The van der Waals surface area contributed by atoms with Crippen molar-refractivity contribution in [2.24, 2.45) is 0 Å². The van der Waals surface area contributed by atoms with Crippen molar-refractivity contribution in [2.75, 3.05) is 14.1 Å². The highest BCUT2D eigenvalue weighted by atomic mass is 15.2. The Morgan fingerprint density at radius 2 is 2.31 bits per heavy atom. The van der Waals surface area contributed by atoms with E-state index in [-0.39, 0.29) is 0 Å². The SMILES string of the molecule is CN(C)/C=C/c1c(C#N)cnc2ccnn12. The Bertz CT molecular complexity index is 574. The largest absolute Gasteiger partial charge is 0.383 e. The second kappa shape index (κ2) is 4.03. The van der Waals surface area contributed by atoms with Gasteiger partial charge in [-0.1, -0.05) is 0 Å². The van der Waals surface area contributed by atoms with Crippen LogP contribution in [0.15, 0.2) is 24.7 Å². The normalized spacial score (nSPS) is 10.8. The Labute approximate surface area is 93.2 Å². The van der Waals surface area contributed by atoms with E-state index in [1.54, 1.807) is 23.0 Å². The predicted molar refractivity (Wildman–Crippen MR) is 60.4 cm³/mol. The van der Waals surface area contributed by atoms with Gasteiger partial charge in [-0.2, -0.15) is 10.4 Å². The highest BCUT2D eigenvalue weighted by Crippen LogP contribution is 2.11. The molecule has 5 heteroatoms. The molecule has 80 valence electrons. The summed E-state index contributed by atoms with van der Waals surface area (Å²) in [6.07, 6.45) is 6.94. The van der Waals surface area contributed by atoms with Crippen LogP contribution in [0.5, 0.6) is 0 Å². The molecule has 0 aromatic carbocycles. The van der Waals surface area contributed by atoms with Gasteiger partial charge in [0, 0.05) is 32.6 Å². The van der Waals surface area contributed by atoms with Crippen LogP contribution in [0.3, 0.4) is 0 Å². The van der Waals surface area contributed by atoms with E-state index >= 15 is 0 Å². The van der Waals surface area contributed by atoms with Gasteiger partial charge >= 0.3 is 0 Å². The van der Waals surface area contributed by atoms with Crippen LogP contribution in [0, 0.1) is 11.3 Å². The third kappa shape index (κ3) is 1.73. The molecule has 0 N–H and O–H groups in total. The molecule has 0 aliphatic heterocycles. The van der Waals surface area contributed by atoms with Crippen molar-refractivity contribution in [3.8, 4) is 6.07 Å². The summed E-state index contributed by atoms with van der Waals surface area (Å²) in [5, 5.41) is 13.1. The lowest BCUT2D eigenvalue weighted by molar-refractivity contribution is 0.567. The van der Waals surface area contributed by atoms with Crippen molar-refractivity contribution in [3.63, 3.8) is 0 Å². The van der Waals surface area contributed by atoms with Crippen LogP contribution < -0.4 is 0 Å². The Balaban J connectivity index is 2.63. The van der Waals surface area contributed by atoms with Gasteiger partial charge in [0.15, 0.2) is 5.65 Å². The molecule has 5 nitrogen and oxygen atoms in total. The summed E-state index contributed by atoms with van der Waals surface area (Å²) in [5.41, 5.74) is 1.98. The standard InChI is InChI=1S/C11H11N5/c1-15(2)6-4-10-9(7-12)8-13-11-3-5-14-16(10)11/h3-6,8H,1-2H3/b6-4+. The minimum atomic E-state index is 0.509. The fraction of sp³-hybridized carbons (Fsp3) is 0.182. The number of rotatable bonds is 2. The van der Waals surface area contributed by atoms with E-state index in [1.807, 2.05) is 31.3 Å². The van der Waals surface area contributed by atoms with Crippen LogP contribution in [-0.2, 0) is 0 Å². The van der Waals surface area contributed by atoms with Gasteiger partial charge in [0.05, 0.1) is 17.5 Å². The lowest BCUT2D eigenvalue weighted by Gasteiger charge is -2.05. The lowest BCUT2D eigenvalue weighted by Crippen LogP contribution is -2.03. The molecule has 0 saturated heterocycles. The van der Waals surface area contributed by atoms with Crippen molar-refractivity contribution in [1.29, 1.82) is 5.26 Å². The van der Waals surface area contributed by atoms with Gasteiger partial charge in [0.1, 0.15) is 6.07 Å². The van der Waals surface area contributed by atoms with E-state index in [2.05, 4.69) is 16.2 Å². The molecule has 0 radical (unpaired) electrons. The maximum atomic E-state index is 9.00. The molecule has 0 spiro atoms. The van der Waals surface area contributed by atoms with Gasteiger partial charge in [-0.05, 0) is 6.08 Å². The highest BCUT2D eigenvalue weighted by Gasteiger charge is 2.05. The van der Waals surface area contributed by atoms with Crippen LogP contribution in [-0.4, -0.2) is 33.6 Å². The molecule has 0 unspecified atom stereocenters. The van der Waals surface area contributed by atoms with E-state index in [9.17, 15) is 0 Å². The van der Waals surface area contributed by atoms with Gasteiger partial charge in [0.2, 0.25) is 0 Å². The summed E-state index contributed by atoms with van der Waals surface area (Å²) < 4.78 is 1.65. The molecule has 2 heterocycles. The molecule has 0 amide bonds. The Morgan fingerprint density at radius 3 is 3.00 bits per heavy atom. The van der Waals surface area contributed by atoms with E-state index < -0.39 is 0 Å². The summed E-state index contributed by atoms with van der Waals surface area (Å²) in [7, 11) is 3.84. The van der Waals surface area contributed by atoms with E-state index in [0.29, 0.717) is 5.56 Å². The van der Waals surface area contributed by atoms with Crippen LogP contribution in [0.1, 0.15) is 11.3 Å². The van der Waals surface area contributed by atoms with E-state index in [0.717, 1.165) is 11.3 Å². The molecule has 2 aromatic rings. The number of nitrogens with zero attached hydrogens (tertiary/aromatic N) is 5. The molecule has 0 atom stereocenters. The monoisotopic (exact) mass is 213 g/mol. The smallest absolute Gasteiger partial charge is 0.155 e. The zero-order chi connectivity index (χ0) is 11.5. The molecule has 2 rings (SSSR count). The zero-order valence-corrected chi connectivity index (χ0v) is 9.12. The Kier molecular flexibility index (Phi) is 2.56. The summed E-state index contributed by atoms with van der Waals surface area (Å²) >= 11 is 0.